The fourth-order valence-corrected chi connectivity index (χ4v) is 3.74. The molecule has 1 aromatic rings. The number of para-hydroxylation sites is 1. The Morgan fingerprint density at radius 3 is 2.53 bits per heavy atom. The van der Waals surface area contributed by atoms with Crippen LogP contribution in [0.5, 0.6) is 0 Å². The molecule has 1 aliphatic heterocycles. The number of nitrogens with zero attached hydrogens (tertiary/aromatic N) is 2. The first-order valence-corrected chi connectivity index (χ1v) is 6.54. The zero-order chi connectivity index (χ0) is 12.1. The van der Waals surface area contributed by atoms with Crippen molar-refractivity contribution in [2.75, 3.05) is 6.54 Å². The van der Waals surface area contributed by atoms with Crippen molar-refractivity contribution in [3.05, 3.63) is 30.3 Å². The molecule has 0 amide bonds. The van der Waals surface area contributed by atoms with Gasteiger partial charge >= 0.3 is 0 Å². The summed E-state index contributed by atoms with van der Waals surface area (Å²) in [7, 11) is 0. The Balaban J connectivity index is 1.92. The van der Waals surface area contributed by atoms with Crippen LogP contribution in [0, 0.1) is 11.3 Å². The number of fused-ring (bicyclic) bond motifs is 1. The van der Waals surface area contributed by atoms with Gasteiger partial charge in [-0.05, 0) is 30.3 Å². The van der Waals surface area contributed by atoms with Crippen molar-refractivity contribution in [2.24, 2.45) is 16.4 Å². The number of hydrogen-bond acceptors (Lipinski definition) is 1. The summed E-state index contributed by atoms with van der Waals surface area (Å²) in [5, 5.41) is 4.98. The summed E-state index contributed by atoms with van der Waals surface area (Å²) < 4.78 is 2.21. The molecule has 2 heteroatoms. The highest BCUT2D eigenvalue weighted by molar-refractivity contribution is 5.28. The molecule has 17 heavy (non-hydrogen) atoms. The maximum atomic E-state index is 4.98. The van der Waals surface area contributed by atoms with Gasteiger partial charge < -0.3 is 0 Å². The minimum atomic E-state index is 0.166. The Morgan fingerprint density at radius 1 is 1.18 bits per heavy atom. The molecular formula is C15H21N2+. The van der Waals surface area contributed by atoms with Crippen molar-refractivity contribution in [1.29, 1.82) is 0 Å². The third-order valence-electron chi connectivity index (χ3n) is 4.31. The van der Waals surface area contributed by atoms with E-state index >= 15 is 0 Å². The van der Waals surface area contributed by atoms with Crippen LogP contribution in [0.1, 0.15) is 33.6 Å². The van der Waals surface area contributed by atoms with Crippen LogP contribution in [0.15, 0.2) is 35.4 Å². The van der Waals surface area contributed by atoms with Gasteiger partial charge in [0.2, 0.25) is 5.69 Å². The van der Waals surface area contributed by atoms with Gasteiger partial charge in [-0.3, -0.25) is 0 Å². The molecule has 1 saturated carbocycles. The molecule has 0 radical (unpaired) electrons. The van der Waals surface area contributed by atoms with Gasteiger partial charge in [-0.1, -0.05) is 36.7 Å². The Labute approximate surface area is 103 Å². The first-order chi connectivity index (χ1) is 7.99. The van der Waals surface area contributed by atoms with E-state index in [1.54, 1.807) is 0 Å². The highest BCUT2D eigenvalue weighted by Gasteiger charge is 2.56. The second kappa shape index (κ2) is 3.41. The Kier molecular flexibility index (Phi) is 2.19. The van der Waals surface area contributed by atoms with Crippen LogP contribution < -0.4 is 0 Å². The van der Waals surface area contributed by atoms with Crippen LogP contribution >= 0.6 is 0 Å². The molecule has 2 atom stereocenters. The summed E-state index contributed by atoms with van der Waals surface area (Å²) in [6, 6.07) is 10.5. The molecule has 1 aromatic carbocycles. The summed E-state index contributed by atoms with van der Waals surface area (Å²) in [4.78, 5) is 0. The van der Waals surface area contributed by atoms with Crippen LogP contribution in [0.25, 0.3) is 0 Å². The largest absolute Gasteiger partial charge is 0.231 e. The zero-order valence-electron chi connectivity index (χ0n) is 11.0. The molecule has 1 fully saturated rings. The zero-order valence-corrected chi connectivity index (χ0v) is 11.0. The predicted molar refractivity (Wildman–Crippen MR) is 68.6 cm³/mol. The summed E-state index contributed by atoms with van der Waals surface area (Å²) in [6.07, 6.45) is 2.52. The molecule has 2 nitrogen and oxygen atoms in total. The van der Waals surface area contributed by atoms with Crippen molar-refractivity contribution < 1.29 is 4.70 Å². The number of hydrogen-bond donors (Lipinski definition) is 0. The van der Waals surface area contributed by atoms with Crippen LogP contribution in [-0.4, -0.2) is 16.8 Å². The standard InChI is InChI=1S/C15H21N2/c1-14(2)9-12-10-17(16-15(12,3)11-14)13-7-5-4-6-8-13/h4-8,12H,9-11H2,1-3H3/q+1/t12-,15-/m1/s1. The van der Waals surface area contributed by atoms with Gasteiger partial charge in [0.05, 0.1) is 5.92 Å². The van der Waals surface area contributed by atoms with Gasteiger partial charge in [0, 0.05) is 12.1 Å². The van der Waals surface area contributed by atoms with Gasteiger partial charge in [-0.15, -0.1) is 0 Å². The van der Waals surface area contributed by atoms with E-state index in [2.05, 4.69) is 55.8 Å². The monoisotopic (exact) mass is 229 g/mol. The normalized spacial score (nSPS) is 34.5. The van der Waals surface area contributed by atoms with E-state index in [1.807, 2.05) is 0 Å². The van der Waals surface area contributed by atoms with Crippen molar-refractivity contribution >= 4 is 5.69 Å². The molecule has 0 saturated heterocycles. The van der Waals surface area contributed by atoms with Gasteiger partial charge in [-0.2, -0.15) is 0 Å². The van der Waals surface area contributed by atoms with Gasteiger partial charge in [0.15, 0.2) is 6.54 Å². The summed E-state index contributed by atoms with van der Waals surface area (Å²) in [5.74, 6) is 0.720. The van der Waals surface area contributed by atoms with Crippen LogP contribution in [0.3, 0.4) is 0 Å². The number of benzene rings is 1. The fourth-order valence-electron chi connectivity index (χ4n) is 3.74. The lowest BCUT2D eigenvalue weighted by atomic mass is 9.89. The molecule has 0 N–H and O–H groups in total. The average Bonchev–Trinajstić information content (AvgIpc) is 2.66. The number of azo groups is 2. The lowest BCUT2D eigenvalue weighted by Crippen LogP contribution is -2.24. The quantitative estimate of drug-likeness (QED) is 0.647. The highest BCUT2D eigenvalue weighted by atomic mass is 15.3. The van der Waals surface area contributed by atoms with Gasteiger partial charge in [-0.25, -0.2) is 0 Å². The van der Waals surface area contributed by atoms with E-state index in [0.717, 1.165) is 12.5 Å². The van der Waals surface area contributed by atoms with Crippen LogP contribution in [0.2, 0.25) is 0 Å². The Hall–Kier alpha value is -1.18. The van der Waals surface area contributed by atoms with Gasteiger partial charge in [0.25, 0.3) is 0 Å². The summed E-state index contributed by atoms with van der Waals surface area (Å²) in [6.45, 7) is 8.16. The Morgan fingerprint density at radius 2 is 1.88 bits per heavy atom. The van der Waals surface area contributed by atoms with E-state index in [0.29, 0.717) is 5.41 Å². The summed E-state index contributed by atoms with van der Waals surface area (Å²) >= 11 is 0. The second-order valence-electron chi connectivity index (χ2n) is 6.62. The molecule has 1 aliphatic carbocycles. The molecule has 3 rings (SSSR count). The van der Waals surface area contributed by atoms with Crippen molar-refractivity contribution in [2.45, 2.75) is 39.2 Å². The molecule has 2 aliphatic rings. The van der Waals surface area contributed by atoms with E-state index in [9.17, 15) is 0 Å². The molecule has 0 unspecified atom stereocenters. The van der Waals surface area contributed by atoms with Crippen LogP contribution in [-0.2, 0) is 0 Å². The van der Waals surface area contributed by atoms with Crippen LogP contribution in [0.4, 0.5) is 5.69 Å². The molecule has 1 heterocycles. The molecule has 0 spiro atoms. The van der Waals surface area contributed by atoms with Crippen molar-refractivity contribution in [1.82, 2.24) is 0 Å². The molecular weight excluding hydrogens is 208 g/mol. The number of rotatable bonds is 1. The smallest absolute Gasteiger partial charge is 0.0881 e. The minimum Gasteiger partial charge on any atom is -0.0881 e. The Bertz CT molecular complexity index is 461. The molecule has 0 aromatic heterocycles. The van der Waals surface area contributed by atoms with Crippen molar-refractivity contribution in [3.63, 3.8) is 0 Å². The SMILES string of the molecule is CC1(C)C[C@@H]2C[N+](c3ccccc3)=N[C@]2(C)C1. The predicted octanol–water partition coefficient (Wildman–Crippen LogP) is 3.99. The first kappa shape index (κ1) is 10.9. The summed E-state index contributed by atoms with van der Waals surface area (Å²) in [5.41, 5.74) is 1.87. The highest BCUT2D eigenvalue weighted by Crippen LogP contribution is 2.52. The lowest BCUT2D eigenvalue weighted by Gasteiger charge is -2.18. The second-order valence-corrected chi connectivity index (χ2v) is 6.62. The molecule has 90 valence electrons. The third kappa shape index (κ3) is 1.80. The average molecular weight is 229 g/mol. The van der Waals surface area contributed by atoms with E-state index in [1.165, 1.54) is 18.5 Å². The maximum Gasteiger partial charge on any atom is 0.231 e. The minimum absolute atomic E-state index is 0.166. The third-order valence-corrected chi connectivity index (χ3v) is 4.31. The van der Waals surface area contributed by atoms with Gasteiger partial charge in [0.1, 0.15) is 5.54 Å². The van der Waals surface area contributed by atoms with E-state index < -0.39 is 0 Å². The van der Waals surface area contributed by atoms with E-state index in [-0.39, 0.29) is 5.54 Å². The molecule has 0 bridgehead atoms. The first-order valence-electron chi connectivity index (χ1n) is 6.54. The van der Waals surface area contributed by atoms with E-state index in [4.69, 9.17) is 5.11 Å². The topological polar surface area (TPSA) is 15.4 Å². The lowest BCUT2D eigenvalue weighted by molar-refractivity contribution is -0.504. The maximum absolute atomic E-state index is 4.98. The van der Waals surface area contributed by atoms with Crippen molar-refractivity contribution in [3.8, 4) is 0 Å². The fraction of sp³-hybridized carbons (Fsp3) is 0.600.